The van der Waals surface area contributed by atoms with Crippen LogP contribution in [0.25, 0.3) is 0 Å². The second-order valence-electron chi connectivity index (χ2n) is 14.5. The normalized spacial score (nSPS) is 14.9. The van der Waals surface area contributed by atoms with Crippen LogP contribution in [0.1, 0.15) is 39.9 Å². The molecule has 0 saturated carbocycles. The van der Waals surface area contributed by atoms with Crippen molar-refractivity contribution >= 4 is 85.0 Å². The van der Waals surface area contributed by atoms with E-state index in [0.29, 0.717) is 25.9 Å². The zero-order chi connectivity index (χ0) is 45.3. The fraction of sp³-hybridized carbons (Fsp3) is 0.333. The molecule has 1 atom stereocenters. The summed E-state index contributed by atoms with van der Waals surface area (Å²) < 4.78 is 62.2. The number of fused-ring (bicyclic) bond motifs is 1. The number of sulfonamides is 1. The number of nitrogens with one attached hydrogen (secondary N) is 5. The van der Waals surface area contributed by atoms with Crippen LogP contribution in [-0.2, 0) is 63.4 Å². The first kappa shape index (κ1) is 46.7. The fourth-order valence-corrected chi connectivity index (χ4v) is 8.35. The van der Waals surface area contributed by atoms with E-state index in [4.69, 9.17) is 14.2 Å². The second kappa shape index (κ2) is 21.1. The highest BCUT2D eigenvalue weighted by Gasteiger charge is 2.40. The average Bonchev–Trinajstić information content (AvgIpc) is 3.57. The zero-order valence-electron chi connectivity index (χ0n) is 34.3. The highest BCUT2D eigenvalue weighted by atomic mass is 127. The molecule has 18 nitrogen and oxygen atoms in total. The van der Waals surface area contributed by atoms with Crippen LogP contribution in [0.3, 0.4) is 0 Å². The third kappa shape index (κ3) is 12.0. The summed E-state index contributed by atoms with van der Waals surface area (Å²) in [6.45, 7) is 2.65. The van der Waals surface area contributed by atoms with Gasteiger partial charge in [-0.05, 0) is 90.0 Å². The number of aromatic nitrogens is 1. The number of halogens is 2. The number of nitrogens with zero attached hydrogens (tertiary/aromatic N) is 2. The maximum Gasteiger partial charge on any atom is 0.262 e. The van der Waals surface area contributed by atoms with E-state index in [1.54, 1.807) is 24.3 Å². The van der Waals surface area contributed by atoms with Gasteiger partial charge in [0.05, 0.1) is 55.7 Å². The molecule has 5 N–H and O–H groups in total. The highest BCUT2D eigenvalue weighted by Crippen LogP contribution is 2.33. The van der Waals surface area contributed by atoms with Crippen LogP contribution < -0.4 is 31.5 Å². The molecule has 2 aliphatic rings. The van der Waals surface area contributed by atoms with Crippen LogP contribution in [0.15, 0.2) is 76.4 Å². The van der Waals surface area contributed by atoms with Gasteiger partial charge in [-0.1, -0.05) is 18.2 Å². The molecule has 0 spiro atoms. The lowest BCUT2D eigenvalue weighted by molar-refractivity contribution is -0.137. The van der Waals surface area contributed by atoms with Gasteiger partial charge in [0.25, 0.3) is 21.5 Å². The van der Waals surface area contributed by atoms with E-state index in [1.165, 1.54) is 65.9 Å². The molecular formula is C42H45FIN7O11S. The lowest BCUT2D eigenvalue weighted by Gasteiger charge is -2.29. The summed E-state index contributed by atoms with van der Waals surface area (Å²) in [5.41, 5.74) is 1.92. The first-order chi connectivity index (χ1) is 30.1. The summed E-state index contributed by atoms with van der Waals surface area (Å²) in [5.74, 6) is -2.51. The molecule has 0 radical (unpaired) electrons. The third-order valence-corrected chi connectivity index (χ3v) is 12.1. The van der Waals surface area contributed by atoms with Gasteiger partial charge in [-0.15, -0.1) is 0 Å². The second-order valence-corrected chi connectivity index (χ2v) is 17.5. The van der Waals surface area contributed by atoms with Crippen molar-refractivity contribution in [1.82, 2.24) is 20.1 Å². The maximum absolute atomic E-state index is 14.7. The molecular weight excluding hydrogens is 956 g/mol. The summed E-state index contributed by atoms with van der Waals surface area (Å²) in [4.78, 5) is 76.0. The molecule has 1 unspecified atom stereocenters. The van der Waals surface area contributed by atoms with Crippen molar-refractivity contribution in [3.05, 3.63) is 109 Å². The van der Waals surface area contributed by atoms with Gasteiger partial charge in [-0.2, -0.15) is 0 Å². The van der Waals surface area contributed by atoms with Crippen LogP contribution in [0.2, 0.25) is 0 Å². The Morgan fingerprint density at radius 2 is 1.60 bits per heavy atom. The van der Waals surface area contributed by atoms with Crippen LogP contribution in [0.4, 0.5) is 27.3 Å². The Morgan fingerprint density at radius 3 is 2.32 bits per heavy atom. The molecule has 1 fully saturated rings. The molecule has 334 valence electrons. The minimum Gasteiger partial charge on any atom is -0.377 e. The lowest BCUT2D eigenvalue weighted by Crippen LogP contribution is -2.52. The Bertz CT molecular complexity index is 2570. The number of carbonyl (C=O) groups is 5. The van der Waals surface area contributed by atoms with Gasteiger partial charge in [0.2, 0.25) is 23.6 Å². The standard InChI is InChI=1S/C42H45FIN7O11S/c1-25-20-34(39(50(2)41(25)56)47-33-11-8-27(44)22-31(33)43)49-63(58,59)28-9-6-26(7-10-28)21-37(53)45-14-15-60-16-17-61-18-19-62-24-38(54)46-32-5-3-4-29-30(32)23-51(42(29)57)35-12-13-36(52)48-40(35)55/h3-11,20,22,35,47,49H,12-19,21,23-24H2,1-2H3,(H,45,53)(H,46,54)(H,48,52,55). The summed E-state index contributed by atoms with van der Waals surface area (Å²) in [6, 6.07) is 15.7. The number of rotatable bonds is 20. The number of imide groups is 1. The number of amides is 5. The lowest BCUT2D eigenvalue weighted by atomic mass is 10.0. The number of aryl methyl sites for hydroxylation is 1. The number of piperidine rings is 1. The molecule has 0 bridgehead atoms. The largest absolute Gasteiger partial charge is 0.377 e. The minimum absolute atomic E-state index is 0.0130. The summed E-state index contributed by atoms with van der Waals surface area (Å²) in [7, 11) is -2.72. The molecule has 5 amide bonds. The molecule has 3 heterocycles. The van der Waals surface area contributed by atoms with Crippen molar-refractivity contribution in [2.75, 3.05) is 61.5 Å². The van der Waals surface area contributed by atoms with Crippen molar-refractivity contribution in [1.29, 1.82) is 0 Å². The number of carbonyl (C=O) groups excluding carboxylic acids is 5. The number of ether oxygens (including phenoxy) is 3. The quantitative estimate of drug-likeness (QED) is 0.0489. The predicted octanol–water partition coefficient (Wildman–Crippen LogP) is 3.09. The Labute approximate surface area is 375 Å². The van der Waals surface area contributed by atoms with E-state index in [9.17, 15) is 41.6 Å². The molecule has 1 saturated heterocycles. The van der Waals surface area contributed by atoms with Crippen LogP contribution in [-0.4, -0.2) is 99.6 Å². The van der Waals surface area contributed by atoms with Gasteiger partial charge in [0.1, 0.15) is 24.3 Å². The van der Waals surface area contributed by atoms with Crippen LogP contribution in [0, 0.1) is 16.3 Å². The topological polar surface area (TPSA) is 233 Å². The molecule has 4 aromatic rings. The fourth-order valence-electron chi connectivity index (χ4n) is 6.84. The Hall–Kier alpha value is -5.75. The SMILES string of the molecule is Cc1cc(NS(=O)(=O)c2ccc(CC(=O)NCCOCCOCCOCC(=O)Nc3cccc4c3CN(C3CCC(=O)NC3=O)C4=O)cc2)c(Nc2ccc(I)cc2F)n(C)c1=O. The molecule has 6 rings (SSSR count). The van der Waals surface area contributed by atoms with Gasteiger partial charge < -0.3 is 35.1 Å². The first-order valence-electron chi connectivity index (χ1n) is 19.7. The van der Waals surface area contributed by atoms with Crippen molar-refractivity contribution in [3.8, 4) is 0 Å². The molecule has 21 heteroatoms. The van der Waals surface area contributed by atoms with Crippen molar-refractivity contribution < 1.29 is 51.0 Å². The minimum atomic E-state index is -4.17. The summed E-state index contributed by atoms with van der Waals surface area (Å²) in [5, 5.41) is 10.6. The Morgan fingerprint density at radius 1 is 0.889 bits per heavy atom. The number of benzene rings is 3. The van der Waals surface area contributed by atoms with Gasteiger partial charge in [-0.25, -0.2) is 12.8 Å². The van der Waals surface area contributed by atoms with Gasteiger partial charge in [0.15, 0.2) is 0 Å². The van der Waals surface area contributed by atoms with E-state index in [-0.39, 0.29) is 117 Å². The van der Waals surface area contributed by atoms with E-state index < -0.39 is 39.3 Å². The van der Waals surface area contributed by atoms with Gasteiger partial charge in [-0.3, -0.25) is 43.4 Å². The Kier molecular flexibility index (Phi) is 15.6. The number of hydrogen-bond donors (Lipinski definition) is 5. The molecule has 2 aliphatic heterocycles. The average molecular weight is 1000 g/mol. The predicted molar refractivity (Wildman–Crippen MR) is 236 cm³/mol. The maximum atomic E-state index is 14.7. The zero-order valence-corrected chi connectivity index (χ0v) is 37.2. The van der Waals surface area contributed by atoms with E-state index in [1.807, 2.05) is 22.6 Å². The first-order valence-corrected chi connectivity index (χ1v) is 22.3. The van der Waals surface area contributed by atoms with Crippen LogP contribution >= 0.6 is 22.6 Å². The molecule has 63 heavy (non-hydrogen) atoms. The highest BCUT2D eigenvalue weighted by molar-refractivity contribution is 14.1. The number of anilines is 4. The monoisotopic (exact) mass is 1000 g/mol. The van der Waals surface area contributed by atoms with Crippen molar-refractivity contribution in [2.45, 2.75) is 43.7 Å². The van der Waals surface area contributed by atoms with E-state index >= 15 is 0 Å². The third-order valence-electron chi connectivity index (χ3n) is 10.0. The van der Waals surface area contributed by atoms with Gasteiger partial charge >= 0.3 is 0 Å². The van der Waals surface area contributed by atoms with Crippen molar-refractivity contribution in [3.63, 3.8) is 0 Å². The number of hydrogen-bond acceptors (Lipinski definition) is 12. The van der Waals surface area contributed by atoms with Crippen LogP contribution in [0.5, 0.6) is 0 Å². The van der Waals surface area contributed by atoms with E-state index in [0.717, 1.165) is 0 Å². The molecule has 1 aromatic heterocycles. The smallest absolute Gasteiger partial charge is 0.262 e. The summed E-state index contributed by atoms with van der Waals surface area (Å²) >= 11 is 1.96. The summed E-state index contributed by atoms with van der Waals surface area (Å²) in [6.07, 6.45) is 0.359. The number of pyridine rings is 1. The molecule has 0 aliphatic carbocycles. The Balaban J connectivity index is 0.846. The van der Waals surface area contributed by atoms with Crippen molar-refractivity contribution in [2.24, 2.45) is 7.05 Å². The van der Waals surface area contributed by atoms with E-state index in [2.05, 4.69) is 26.0 Å². The van der Waals surface area contributed by atoms with Gasteiger partial charge in [0, 0.05) is 52.5 Å². The molecule has 3 aromatic carbocycles.